The van der Waals surface area contributed by atoms with Gasteiger partial charge in [0.05, 0.1) is 0 Å². The number of hydrogen-bond acceptors (Lipinski definition) is 1. The second-order valence-corrected chi connectivity index (χ2v) is 5.13. The largest absolute Gasteiger partial charge is 0.302 e. The maximum Gasteiger partial charge on any atom is 0.142 e. The Morgan fingerprint density at radius 2 is 1.67 bits per heavy atom. The van der Waals surface area contributed by atoms with E-state index in [1.54, 1.807) is 23.6 Å². The van der Waals surface area contributed by atoms with Crippen LogP contribution in [0.15, 0.2) is 60.0 Å². The Hall–Kier alpha value is -1.58. The molecule has 0 aromatic heterocycles. The van der Waals surface area contributed by atoms with E-state index in [2.05, 4.69) is 4.72 Å². The van der Waals surface area contributed by atoms with Crippen molar-refractivity contribution < 1.29 is 4.21 Å². The molecule has 4 heteroatoms. The number of anilines is 1. The van der Waals surface area contributed by atoms with E-state index in [0.717, 1.165) is 11.3 Å². The fraction of sp³-hybridized carbons (Fsp3) is 0. The van der Waals surface area contributed by atoms with Crippen LogP contribution in [0.4, 0.5) is 5.69 Å². The van der Waals surface area contributed by atoms with E-state index >= 15 is 0 Å². The van der Waals surface area contributed by atoms with Crippen LogP contribution in [-0.4, -0.2) is 4.21 Å². The van der Waals surface area contributed by atoms with Crippen LogP contribution in [0.3, 0.4) is 0 Å². The van der Waals surface area contributed by atoms with Gasteiger partial charge in [-0.3, -0.25) is 0 Å². The van der Waals surface area contributed by atoms with Crippen molar-refractivity contribution in [3.63, 3.8) is 0 Å². The predicted molar refractivity (Wildman–Crippen MR) is 78.7 cm³/mol. The molecule has 1 N–H and O–H groups in total. The van der Waals surface area contributed by atoms with Crippen LogP contribution >= 0.6 is 11.6 Å². The van der Waals surface area contributed by atoms with E-state index in [1.165, 1.54) is 0 Å². The highest BCUT2D eigenvalue weighted by Crippen LogP contribution is 2.11. The van der Waals surface area contributed by atoms with Gasteiger partial charge in [-0.25, -0.2) is 4.21 Å². The van der Waals surface area contributed by atoms with Crippen LogP contribution in [0.5, 0.6) is 0 Å². The van der Waals surface area contributed by atoms with E-state index in [-0.39, 0.29) is 0 Å². The van der Waals surface area contributed by atoms with Crippen molar-refractivity contribution in [1.82, 2.24) is 0 Å². The third kappa shape index (κ3) is 4.02. The molecule has 0 spiro atoms. The fourth-order valence-electron chi connectivity index (χ4n) is 1.37. The quantitative estimate of drug-likeness (QED) is 0.896. The van der Waals surface area contributed by atoms with Crippen molar-refractivity contribution in [2.75, 3.05) is 4.72 Å². The topological polar surface area (TPSA) is 29.1 Å². The van der Waals surface area contributed by atoms with Crippen molar-refractivity contribution in [2.24, 2.45) is 0 Å². The summed E-state index contributed by atoms with van der Waals surface area (Å²) in [6.07, 6.45) is 1.79. The summed E-state index contributed by atoms with van der Waals surface area (Å²) in [7, 11) is -1.24. The zero-order valence-corrected chi connectivity index (χ0v) is 11.1. The van der Waals surface area contributed by atoms with Crippen molar-refractivity contribution in [3.05, 3.63) is 70.6 Å². The highest BCUT2D eigenvalue weighted by Gasteiger charge is 1.94. The molecular weight excluding hydrogens is 266 g/mol. The Bertz CT molecular complexity index is 552. The summed E-state index contributed by atoms with van der Waals surface area (Å²) in [6, 6.07) is 16.8. The molecule has 0 aliphatic carbocycles. The Labute approximate surface area is 114 Å². The van der Waals surface area contributed by atoms with Gasteiger partial charge in [0.25, 0.3) is 0 Å². The maximum atomic E-state index is 11.7. The van der Waals surface area contributed by atoms with Gasteiger partial charge in [0.15, 0.2) is 0 Å². The van der Waals surface area contributed by atoms with Gasteiger partial charge in [0.1, 0.15) is 11.0 Å². The summed E-state index contributed by atoms with van der Waals surface area (Å²) in [5, 5.41) is 2.30. The zero-order valence-electron chi connectivity index (χ0n) is 9.55. The molecule has 0 saturated heterocycles. The molecule has 0 aliphatic rings. The molecule has 0 radical (unpaired) electrons. The highest BCUT2D eigenvalue weighted by atomic mass is 35.5. The number of para-hydroxylation sites is 1. The van der Waals surface area contributed by atoms with Gasteiger partial charge in [-0.2, -0.15) is 0 Å². The summed E-state index contributed by atoms with van der Waals surface area (Å²) in [5.74, 6) is 0. The summed E-state index contributed by atoms with van der Waals surface area (Å²) in [4.78, 5) is 0. The second kappa shape index (κ2) is 6.38. The van der Waals surface area contributed by atoms with Gasteiger partial charge in [0, 0.05) is 16.1 Å². The number of halogens is 1. The van der Waals surface area contributed by atoms with Gasteiger partial charge in [-0.1, -0.05) is 41.9 Å². The smallest absolute Gasteiger partial charge is 0.142 e. The van der Waals surface area contributed by atoms with E-state index < -0.39 is 11.0 Å². The van der Waals surface area contributed by atoms with Crippen LogP contribution in [-0.2, 0) is 11.0 Å². The molecule has 0 heterocycles. The molecular formula is C14H12ClNOS. The second-order valence-electron chi connectivity index (χ2n) is 3.62. The Kier molecular flexibility index (Phi) is 4.56. The van der Waals surface area contributed by atoms with E-state index in [0.29, 0.717) is 5.02 Å². The summed E-state index contributed by atoms with van der Waals surface area (Å²) in [5.41, 5.74) is 1.79. The summed E-state index contributed by atoms with van der Waals surface area (Å²) >= 11 is 5.79. The van der Waals surface area contributed by atoms with E-state index in [4.69, 9.17) is 11.6 Å². The van der Waals surface area contributed by atoms with Crippen LogP contribution in [0.1, 0.15) is 5.56 Å². The standard InChI is InChI=1S/C14H12ClNOS/c15-13-8-6-12(7-9-13)10-11-18(17)16-14-4-2-1-3-5-14/h1-11,16H/b11-10+. The first-order chi connectivity index (χ1) is 8.74. The Balaban J connectivity index is 1.97. The Morgan fingerprint density at radius 1 is 1.00 bits per heavy atom. The van der Waals surface area contributed by atoms with Gasteiger partial charge in [0.2, 0.25) is 0 Å². The molecule has 2 rings (SSSR count). The fourth-order valence-corrected chi connectivity index (χ4v) is 2.21. The van der Waals surface area contributed by atoms with Gasteiger partial charge in [-0.05, 0) is 35.9 Å². The SMILES string of the molecule is O=S(/C=C/c1ccc(Cl)cc1)Nc1ccccc1. The maximum absolute atomic E-state index is 11.7. The number of hydrogen-bond donors (Lipinski definition) is 1. The molecule has 0 fully saturated rings. The molecule has 1 atom stereocenters. The molecule has 1 unspecified atom stereocenters. The average molecular weight is 278 g/mol. The van der Waals surface area contributed by atoms with Crippen LogP contribution in [0, 0.1) is 0 Å². The minimum atomic E-state index is -1.24. The molecule has 18 heavy (non-hydrogen) atoms. The van der Waals surface area contributed by atoms with Gasteiger partial charge >= 0.3 is 0 Å². The highest BCUT2D eigenvalue weighted by molar-refractivity contribution is 7.89. The molecule has 2 aromatic rings. The lowest BCUT2D eigenvalue weighted by molar-refractivity contribution is 0.691. The lowest BCUT2D eigenvalue weighted by Crippen LogP contribution is -1.99. The first kappa shape index (κ1) is 12.9. The normalized spacial score (nSPS) is 12.5. The molecule has 0 amide bonds. The lowest BCUT2D eigenvalue weighted by atomic mass is 10.2. The first-order valence-electron chi connectivity index (χ1n) is 5.40. The number of rotatable bonds is 4. The van der Waals surface area contributed by atoms with Crippen molar-refractivity contribution in [1.29, 1.82) is 0 Å². The third-order valence-electron chi connectivity index (χ3n) is 2.25. The monoisotopic (exact) mass is 277 g/mol. The Morgan fingerprint density at radius 3 is 2.33 bits per heavy atom. The number of nitrogens with one attached hydrogen (secondary N) is 1. The minimum Gasteiger partial charge on any atom is -0.302 e. The molecule has 2 nitrogen and oxygen atoms in total. The summed E-state index contributed by atoms with van der Waals surface area (Å²) in [6.45, 7) is 0. The molecule has 0 bridgehead atoms. The third-order valence-corrected chi connectivity index (χ3v) is 3.32. The zero-order chi connectivity index (χ0) is 12.8. The summed E-state index contributed by atoms with van der Waals surface area (Å²) < 4.78 is 14.6. The molecule has 92 valence electrons. The van der Waals surface area contributed by atoms with E-state index in [1.807, 2.05) is 42.5 Å². The van der Waals surface area contributed by atoms with Gasteiger partial charge < -0.3 is 4.72 Å². The first-order valence-corrected chi connectivity index (χ1v) is 6.99. The predicted octanol–water partition coefficient (Wildman–Crippen LogP) is 4.09. The average Bonchev–Trinajstić information content (AvgIpc) is 2.39. The van der Waals surface area contributed by atoms with Crippen molar-refractivity contribution in [2.45, 2.75) is 0 Å². The van der Waals surface area contributed by atoms with Crippen LogP contribution in [0.25, 0.3) is 6.08 Å². The van der Waals surface area contributed by atoms with Crippen LogP contribution < -0.4 is 4.72 Å². The molecule has 2 aromatic carbocycles. The number of benzene rings is 2. The molecule has 0 saturated carbocycles. The lowest BCUT2D eigenvalue weighted by Gasteiger charge is -2.01. The minimum absolute atomic E-state index is 0.690. The van der Waals surface area contributed by atoms with Crippen LogP contribution in [0.2, 0.25) is 5.02 Å². The van der Waals surface area contributed by atoms with Gasteiger partial charge in [-0.15, -0.1) is 0 Å². The molecule has 0 aliphatic heterocycles. The van der Waals surface area contributed by atoms with E-state index in [9.17, 15) is 4.21 Å². The van der Waals surface area contributed by atoms with Crippen molar-refractivity contribution in [3.8, 4) is 0 Å². The van der Waals surface area contributed by atoms with Crippen molar-refractivity contribution >= 4 is 34.3 Å².